The first kappa shape index (κ1) is 22.3. The minimum Gasteiger partial charge on any atom is -0.491 e. The molecule has 0 radical (unpaired) electrons. The minimum absolute atomic E-state index is 0.00455. The van der Waals surface area contributed by atoms with Crippen LogP contribution in [0.3, 0.4) is 0 Å². The van der Waals surface area contributed by atoms with Crippen molar-refractivity contribution in [3.05, 3.63) is 35.9 Å². The summed E-state index contributed by atoms with van der Waals surface area (Å²) in [6.07, 6.45) is 8.69. The summed E-state index contributed by atoms with van der Waals surface area (Å²) in [6.45, 7) is 4.69. The van der Waals surface area contributed by atoms with E-state index in [0.717, 1.165) is 12.8 Å². The Hall–Kier alpha value is -2.02. The van der Waals surface area contributed by atoms with E-state index in [4.69, 9.17) is 4.74 Å². The summed E-state index contributed by atoms with van der Waals surface area (Å²) < 4.78 is 31.5. The van der Waals surface area contributed by atoms with Crippen LogP contribution in [-0.2, 0) is 14.8 Å². The van der Waals surface area contributed by atoms with Crippen molar-refractivity contribution in [3.63, 3.8) is 0 Å². The van der Waals surface area contributed by atoms with Gasteiger partial charge in [0.15, 0.2) is 0 Å². The average Bonchev–Trinajstić information content (AvgIpc) is 2.63. The molecule has 1 amide bonds. The number of hydrogen-bond acceptors (Lipinski definition) is 4. The smallest absolute Gasteiger partial charge is 0.232 e. The molecule has 0 aromatic heterocycles. The lowest BCUT2D eigenvalue weighted by Crippen LogP contribution is -2.32. The molecule has 0 aliphatic heterocycles. The molecule has 0 saturated heterocycles. The van der Waals surface area contributed by atoms with E-state index in [1.54, 1.807) is 24.3 Å². The molecule has 1 aromatic carbocycles. The second-order valence-electron chi connectivity index (χ2n) is 7.49. The van der Waals surface area contributed by atoms with Gasteiger partial charge in [-0.15, -0.1) is 0 Å². The van der Waals surface area contributed by atoms with Gasteiger partial charge in [-0.3, -0.25) is 9.10 Å². The van der Waals surface area contributed by atoms with Crippen LogP contribution in [0.1, 0.15) is 52.4 Å². The molecule has 0 bridgehead atoms. The molecule has 0 unspecified atom stereocenters. The zero-order valence-corrected chi connectivity index (χ0v) is 17.9. The van der Waals surface area contributed by atoms with Gasteiger partial charge in [-0.25, -0.2) is 8.42 Å². The summed E-state index contributed by atoms with van der Waals surface area (Å²) in [5, 5.41) is 2.94. The van der Waals surface area contributed by atoms with Crippen LogP contribution < -0.4 is 14.4 Å². The minimum atomic E-state index is -3.45. The fourth-order valence-electron chi connectivity index (χ4n) is 3.22. The Morgan fingerprint density at radius 1 is 1.29 bits per heavy atom. The molecular formula is C21H32N2O4S. The highest BCUT2D eigenvalue weighted by atomic mass is 32.2. The fraction of sp³-hybridized carbons (Fsp3) is 0.571. The molecule has 28 heavy (non-hydrogen) atoms. The number of benzene rings is 1. The maximum Gasteiger partial charge on any atom is 0.232 e. The third-order valence-corrected chi connectivity index (χ3v) is 5.73. The van der Waals surface area contributed by atoms with E-state index >= 15 is 0 Å². The number of carbonyl (C=O) groups excluding carboxylic acids is 1. The Kier molecular flexibility index (Phi) is 8.35. The van der Waals surface area contributed by atoms with E-state index in [9.17, 15) is 13.2 Å². The molecule has 1 N–H and O–H groups in total. The maximum atomic E-state index is 12.3. The van der Waals surface area contributed by atoms with Gasteiger partial charge in [0, 0.05) is 25.6 Å². The lowest BCUT2D eigenvalue weighted by Gasteiger charge is -2.23. The number of carbonyl (C=O) groups is 1. The highest BCUT2D eigenvalue weighted by Crippen LogP contribution is 2.24. The first-order chi connectivity index (χ1) is 13.3. The average molecular weight is 409 g/mol. The highest BCUT2D eigenvalue weighted by Gasteiger charge is 2.18. The monoisotopic (exact) mass is 408 g/mol. The van der Waals surface area contributed by atoms with Gasteiger partial charge in [0.25, 0.3) is 0 Å². The molecule has 0 spiro atoms. The maximum absolute atomic E-state index is 12.3. The van der Waals surface area contributed by atoms with Crippen molar-refractivity contribution >= 4 is 21.6 Å². The van der Waals surface area contributed by atoms with E-state index in [1.165, 1.54) is 29.0 Å². The second kappa shape index (κ2) is 10.5. The van der Waals surface area contributed by atoms with Gasteiger partial charge in [-0.05, 0) is 58.1 Å². The molecule has 1 aromatic rings. The number of amides is 1. The van der Waals surface area contributed by atoms with Gasteiger partial charge in [-0.1, -0.05) is 17.7 Å². The van der Waals surface area contributed by atoms with Crippen LogP contribution in [0.5, 0.6) is 5.75 Å². The Balaban J connectivity index is 1.90. The van der Waals surface area contributed by atoms with Crippen molar-refractivity contribution in [1.29, 1.82) is 0 Å². The number of nitrogens with one attached hydrogen (secondary N) is 1. The molecule has 6 nitrogen and oxygen atoms in total. The van der Waals surface area contributed by atoms with E-state index in [1.807, 2.05) is 13.8 Å². The standard InChI is InChI=1S/C21H32N2O4S/c1-17(2)27-20-12-7-11-19(15-20)23(28(3,25)26)14-8-13-21(24)22-16-18-9-5-4-6-10-18/h7,9,11-12,15,17H,4-6,8,10,13-14,16H2,1-3H3,(H,22,24). The zero-order chi connectivity index (χ0) is 20.6. The van der Waals surface area contributed by atoms with Gasteiger partial charge in [-0.2, -0.15) is 0 Å². The first-order valence-electron chi connectivity index (χ1n) is 9.95. The molecule has 0 fully saturated rings. The van der Waals surface area contributed by atoms with Crippen molar-refractivity contribution in [2.24, 2.45) is 0 Å². The number of anilines is 1. The zero-order valence-electron chi connectivity index (χ0n) is 17.1. The molecule has 1 aliphatic rings. The lowest BCUT2D eigenvalue weighted by molar-refractivity contribution is -0.121. The van der Waals surface area contributed by atoms with Gasteiger partial charge < -0.3 is 10.1 Å². The summed E-state index contributed by atoms with van der Waals surface area (Å²) in [7, 11) is -3.45. The van der Waals surface area contributed by atoms with Gasteiger partial charge in [0.2, 0.25) is 15.9 Å². The Morgan fingerprint density at radius 3 is 2.71 bits per heavy atom. The third kappa shape index (κ3) is 7.54. The van der Waals surface area contributed by atoms with Gasteiger partial charge >= 0.3 is 0 Å². The lowest BCUT2D eigenvalue weighted by atomic mass is 10.00. The summed E-state index contributed by atoms with van der Waals surface area (Å²) >= 11 is 0. The van der Waals surface area contributed by atoms with Crippen molar-refractivity contribution in [3.8, 4) is 5.75 Å². The molecule has 156 valence electrons. The number of sulfonamides is 1. The number of rotatable bonds is 10. The van der Waals surface area contributed by atoms with Crippen molar-refractivity contribution in [2.75, 3.05) is 23.7 Å². The molecule has 0 atom stereocenters. The van der Waals surface area contributed by atoms with Crippen molar-refractivity contribution in [1.82, 2.24) is 5.32 Å². The van der Waals surface area contributed by atoms with E-state index in [0.29, 0.717) is 30.8 Å². The highest BCUT2D eigenvalue weighted by molar-refractivity contribution is 7.92. The fourth-order valence-corrected chi connectivity index (χ4v) is 4.18. The van der Waals surface area contributed by atoms with Crippen LogP contribution in [0.25, 0.3) is 0 Å². The summed E-state index contributed by atoms with van der Waals surface area (Å²) in [6, 6.07) is 7.04. The van der Waals surface area contributed by atoms with E-state index < -0.39 is 10.0 Å². The predicted octanol–water partition coefficient (Wildman–Crippen LogP) is 3.64. The normalized spacial score (nSPS) is 14.5. The topological polar surface area (TPSA) is 75.7 Å². The number of hydrogen-bond donors (Lipinski definition) is 1. The van der Waals surface area contributed by atoms with E-state index in [2.05, 4.69) is 11.4 Å². The van der Waals surface area contributed by atoms with E-state index in [-0.39, 0.29) is 18.6 Å². The molecule has 1 aliphatic carbocycles. The van der Waals surface area contributed by atoms with Crippen LogP contribution in [0.4, 0.5) is 5.69 Å². The number of ether oxygens (including phenoxy) is 1. The Bertz CT molecular complexity index is 787. The van der Waals surface area contributed by atoms with Crippen LogP contribution in [0.15, 0.2) is 35.9 Å². The third-order valence-electron chi connectivity index (χ3n) is 4.54. The Morgan fingerprint density at radius 2 is 2.07 bits per heavy atom. The van der Waals surface area contributed by atoms with Crippen LogP contribution in [-0.4, -0.2) is 39.8 Å². The second-order valence-corrected chi connectivity index (χ2v) is 9.39. The van der Waals surface area contributed by atoms with Crippen LogP contribution >= 0.6 is 0 Å². The molecular weight excluding hydrogens is 376 g/mol. The molecule has 0 heterocycles. The Labute approximate surface area is 169 Å². The summed E-state index contributed by atoms with van der Waals surface area (Å²) in [4.78, 5) is 12.1. The van der Waals surface area contributed by atoms with Crippen molar-refractivity contribution in [2.45, 2.75) is 58.5 Å². The first-order valence-corrected chi connectivity index (χ1v) is 11.8. The number of nitrogens with zero attached hydrogens (tertiary/aromatic N) is 1. The quantitative estimate of drug-likeness (QED) is 0.600. The summed E-state index contributed by atoms with van der Waals surface area (Å²) in [5.74, 6) is 0.580. The van der Waals surface area contributed by atoms with Gasteiger partial charge in [0.05, 0.1) is 18.0 Å². The number of allylic oxidation sites excluding steroid dienone is 1. The van der Waals surface area contributed by atoms with Crippen LogP contribution in [0.2, 0.25) is 0 Å². The summed E-state index contributed by atoms with van der Waals surface area (Å²) in [5.41, 5.74) is 1.84. The SMILES string of the molecule is CC(C)Oc1cccc(N(CCCC(=O)NCC2=CCCCC2)S(C)(=O)=O)c1. The van der Waals surface area contributed by atoms with Crippen LogP contribution in [0, 0.1) is 0 Å². The van der Waals surface area contributed by atoms with Crippen molar-refractivity contribution < 1.29 is 17.9 Å². The largest absolute Gasteiger partial charge is 0.491 e. The molecule has 7 heteroatoms. The molecule has 2 rings (SSSR count). The molecule has 0 saturated carbocycles. The van der Waals surface area contributed by atoms with Gasteiger partial charge in [0.1, 0.15) is 5.75 Å². The predicted molar refractivity (Wildman–Crippen MR) is 113 cm³/mol.